The van der Waals surface area contributed by atoms with Crippen LogP contribution in [0.5, 0.6) is 5.75 Å². The van der Waals surface area contributed by atoms with Gasteiger partial charge in [-0.2, -0.15) is 16.8 Å². The minimum absolute atomic E-state index is 0.0280. The monoisotopic (exact) mass is 324 g/mol. The molecule has 1 atom stereocenters. The van der Waals surface area contributed by atoms with Crippen LogP contribution >= 0.6 is 0 Å². The Morgan fingerprint density at radius 1 is 1.05 bits per heavy atom. The van der Waals surface area contributed by atoms with Crippen LogP contribution in [-0.4, -0.2) is 40.4 Å². The number of carboxylic acids is 1. The van der Waals surface area contributed by atoms with Crippen molar-refractivity contribution in [3.8, 4) is 5.75 Å². The summed E-state index contributed by atoms with van der Waals surface area (Å²) in [5.41, 5.74) is 0.0313. The van der Waals surface area contributed by atoms with E-state index in [0.29, 0.717) is 0 Å². The zero-order chi connectivity index (χ0) is 15.6. The second kappa shape index (κ2) is 5.77. The topological polar surface area (TPSA) is 124 Å². The lowest BCUT2D eigenvalue weighted by atomic mass is 10.1. The predicted octanol–water partition coefficient (Wildman–Crippen LogP) is 0.127. The molecule has 0 fully saturated rings. The van der Waals surface area contributed by atoms with Crippen molar-refractivity contribution in [1.82, 2.24) is 0 Å². The van der Waals surface area contributed by atoms with E-state index in [1.54, 1.807) is 0 Å². The molecule has 1 aromatic carbocycles. The van der Waals surface area contributed by atoms with Gasteiger partial charge in [0.2, 0.25) is 0 Å². The maximum absolute atomic E-state index is 11.0. The van der Waals surface area contributed by atoms with Crippen LogP contribution in [0.2, 0.25) is 0 Å². The molecule has 0 radical (unpaired) electrons. The molecule has 0 aliphatic carbocycles. The van der Waals surface area contributed by atoms with Gasteiger partial charge in [0.05, 0.1) is 12.5 Å². The van der Waals surface area contributed by atoms with Gasteiger partial charge in [-0.25, -0.2) is 4.79 Å². The van der Waals surface area contributed by atoms with E-state index in [-0.39, 0.29) is 11.3 Å². The van der Waals surface area contributed by atoms with Crippen LogP contribution in [0.1, 0.15) is 11.7 Å². The average Bonchev–Trinajstić information content (AvgIpc) is 2.23. The van der Waals surface area contributed by atoms with Crippen molar-refractivity contribution in [2.24, 2.45) is 0 Å². The van der Waals surface area contributed by atoms with Gasteiger partial charge in [0, 0.05) is 0 Å². The maximum Gasteiger partial charge on any atom is 0.339 e. The van der Waals surface area contributed by atoms with E-state index in [2.05, 4.69) is 8.37 Å². The zero-order valence-electron chi connectivity index (χ0n) is 10.5. The fourth-order valence-electron chi connectivity index (χ4n) is 1.29. The predicted molar refractivity (Wildman–Crippen MR) is 68.2 cm³/mol. The molecule has 0 bridgehead atoms. The van der Waals surface area contributed by atoms with Crippen LogP contribution in [0.15, 0.2) is 24.3 Å². The second-order valence-corrected chi connectivity index (χ2v) is 7.05. The normalized spacial score (nSPS) is 13.7. The standard InChI is InChI=1S/C10H12O8S2/c1-19(13,14)17-8-5-3-7(4-6-8)9(10(11)12)18-20(2,15)16/h3-6,9H,1-2H3,(H,11,12). The Kier molecular flexibility index (Phi) is 4.73. The average molecular weight is 324 g/mol. The smallest absolute Gasteiger partial charge is 0.339 e. The first-order chi connectivity index (χ1) is 8.98. The van der Waals surface area contributed by atoms with E-state index in [0.717, 1.165) is 12.5 Å². The molecule has 0 saturated carbocycles. The third-order valence-corrected chi connectivity index (χ3v) is 2.96. The molecule has 1 N–H and O–H groups in total. The molecule has 112 valence electrons. The maximum atomic E-state index is 11.0. The molecule has 8 nitrogen and oxygen atoms in total. The van der Waals surface area contributed by atoms with Gasteiger partial charge in [-0.05, 0) is 17.7 Å². The SMILES string of the molecule is CS(=O)(=O)Oc1ccc(C(OS(C)(=O)=O)C(=O)O)cc1. The highest BCUT2D eigenvalue weighted by atomic mass is 32.2. The number of hydrogen-bond acceptors (Lipinski definition) is 7. The van der Waals surface area contributed by atoms with Gasteiger partial charge in [0.15, 0.2) is 6.10 Å². The highest BCUT2D eigenvalue weighted by Crippen LogP contribution is 2.23. The first-order valence-corrected chi connectivity index (χ1v) is 8.72. The summed E-state index contributed by atoms with van der Waals surface area (Å²) >= 11 is 0. The van der Waals surface area contributed by atoms with Crippen molar-refractivity contribution in [2.75, 3.05) is 12.5 Å². The fraction of sp³-hybridized carbons (Fsp3) is 0.300. The van der Waals surface area contributed by atoms with Crippen LogP contribution in [0.4, 0.5) is 0 Å². The number of rotatable bonds is 6. The Bertz CT molecular complexity index is 687. The third kappa shape index (κ3) is 5.55. The highest BCUT2D eigenvalue weighted by Gasteiger charge is 2.25. The minimum Gasteiger partial charge on any atom is -0.479 e. The molecule has 0 amide bonds. The van der Waals surface area contributed by atoms with Gasteiger partial charge in [-0.3, -0.25) is 4.18 Å². The van der Waals surface area contributed by atoms with Crippen molar-refractivity contribution in [2.45, 2.75) is 6.10 Å². The highest BCUT2D eigenvalue weighted by molar-refractivity contribution is 7.86. The van der Waals surface area contributed by atoms with Crippen LogP contribution in [-0.2, 0) is 29.2 Å². The van der Waals surface area contributed by atoms with Crippen molar-refractivity contribution >= 4 is 26.2 Å². The van der Waals surface area contributed by atoms with E-state index < -0.39 is 32.3 Å². The van der Waals surface area contributed by atoms with Gasteiger partial charge in [-0.15, -0.1) is 0 Å². The summed E-state index contributed by atoms with van der Waals surface area (Å²) in [5.74, 6) is -1.52. The Labute approximate surface area is 116 Å². The van der Waals surface area contributed by atoms with Gasteiger partial charge >= 0.3 is 16.1 Å². The molecule has 20 heavy (non-hydrogen) atoms. The molecule has 0 aliphatic heterocycles. The molecule has 1 unspecified atom stereocenters. The van der Waals surface area contributed by atoms with Crippen LogP contribution in [0.3, 0.4) is 0 Å². The lowest BCUT2D eigenvalue weighted by Gasteiger charge is -2.12. The van der Waals surface area contributed by atoms with E-state index in [1.807, 2.05) is 0 Å². The molecule has 0 aliphatic rings. The summed E-state index contributed by atoms with van der Waals surface area (Å²) in [5, 5.41) is 8.93. The summed E-state index contributed by atoms with van der Waals surface area (Å²) < 4.78 is 52.8. The van der Waals surface area contributed by atoms with E-state index in [9.17, 15) is 21.6 Å². The first kappa shape index (κ1) is 16.4. The van der Waals surface area contributed by atoms with E-state index in [1.165, 1.54) is 24.3 Å². The van der Waals surface area contributed by atoms with Crippen LogP contribution in [0, 0.1) is 0 Å². The largest absolute Gasteiger partial charge is 0.479 e. The van der Waals surface area contributed by atoms with Crippen molar-refractivity contribution in [3.05, 3.63) is 29.8 Å². The number of hydrogen-bond donors (Lipinski definition) is 1. The van der Waals surface area contributed by atoms with Crippen LogP contribution in [0.25, 0.3) is 0 Å². The summed E-state index contributed by atoms with van der Waals surface area (Å²) in [6.07, 6.45) is -0.130. The lowest BCUT2D eigenvalue weighted by Crippen LogP contribution is -2.18. The van der Waals surface area contributed by atoms with Crippen molar-refractivity contribution in [1.29, 1.82) is 0 Å². The minimum atomic E-state index is -3.96. The Hall–Kier alpha value is -1.65. The van der Waals surface area contributed by atoms with Crippen molar-refractivity contribution in [3.63, 3.8) is 0 Å². The molecular formula is C10H12O8S2. The Balaban J connectivity index is 3.03. The molecule has 0 saturated heterocycles. The summed E-state index contributed by atoms with van der Waals surface area (Å²) in [6, 6.07) is 4.78. The summed E-state index contributed by atoms with van der Waals surface area (Å²) in [7, 11) is -7.66. The second-order valence-electron chi connectivity index (χ2n) is 3.88. The third-order valence-electron chi connectivity index (χ3n) is 1.93. The number of aliphatic carboxylic acids is 1. The number of carboxylic acid groups (broad SMARTS) is 1. The Morgan fingerprint density at radius 3 is 1.90 bits per heavy atom. The van der Waals surface area contributed by atoms with E-state index >= 15 is 0 Å². The lowest BCUT2D eigenvalue weighted by molar-refractivity contribution is -0.145. The first-order valence-electron chi connectivity index (χ1n) is 5.08. The number of carbonyl (C=O) groups is 1. The molecular weight excluding hydrogens is 312 g/mol. The van der Waals surface area contributed by atoms with Crippen LogP contribution < -0.4 is 4.18 Å². The molecule has 1 aromatic rings. The van der Waals surface area contributed by atoms with Gasteiger partial charge in [0.1, 0.15) is 5.75 Å². The van der Waals surface area contributed by atoms with Gasteiger partial charge < -0.3 is 9.29 Å². The quantitative estimate of drug-likeness (QED) is 0.732. The molecule has 0 spiro atoms. The summed E-state index contributed by atoms with van der Waals surface area (Å²) in [4.78, 5) is 11.0. The fourth-order valence-corrected chi connectivity index (χ4v) is 2.29. The zero-order valence-corrected chi connectivity index (χ0v) is 12.1. The van der Waals surface area contributed by atoms with Gasteiger partial charge in [0.25, 0.3) is 10.1 Å². The molecule has 10 heteroatoms. The van der Waals surface area contributed by atoms with E-state index in [4.69, 9.17) is 5.11 Å². The van der Waals surface area contributed by atoms with Gasteiger partial charge in [-0.1, -0.05) is 12.1 Å². The molecule has 0 aromatic heterocycles. The number of benzene rings is 1. The molecule has 0 heterocycles. The Morgan fingerprint density at radius 2 is 1.55 bits per heavy atom. The van der Waals surface area contributed by atoms with Crippen molar-refractivity contribution < 1.29 is 35.1 Å². The summed E-state index contributed by atoms with van der Waals surface area (Å²) in [6.45, 7) is 0. The molecule has 1 rings (SSSR count).